The van der Waals surface area contributed by atoms with Crippen LogP contribution in [0.2, 0.25) is 0 Å². The molecule has 9 heteroatoms. The van der Waals surface area contributed by atoms with Gasteiger partial charge in [-0.3, -0.25) is 18.7 Å². The number of hydrogen-bond acceptors (Lipinski definition) is 5. The molecular weight excluding hydrogens is 484 g/mol. The number of nitrogens with zero attached hydrogens (tertiary/aromatic N) is 3. The summed E-state index contributed by atoms with van der Waals surface area (Å²) in [6.07, 6.45) is 1.65. The number of amides is 1. The van der Waals surface area contributed by atoms with E-state index in [0.29, 0.717) is 61.4 Å². The van der Waals surface area contributed by atoms with Crippen molar-refractivity contribution in [2.75, 3.05) is 19.7 Å². The molecule has 0 saturated carbocycles. The zero-order chi connectivity index (χ0) is 26.9. The van der Waals surface area contributed by atoms with E-state index in [2.05, 4.69) is 4.98 Å². The highest BCUT2D eigenvalue weighted by molar-refractivity contribution is 5.82. The van der Waals surface area contributed by atoms with Crippen molar-refractivity contribution in [2.24, 2.45) is 7.05 Å². The van der Waals surface area contributed by atoms with Crippen molar-refractivity contribution in [1.82, 2.24) is 19.0 Å². The van der Waals surface area contributed by atoms with E-state index in [9.17, 15) is 19.5 Å². The lowest BCUT2D eigenvalue weighted by atomic mass is 9.84. The number of carbonyl (C=O) groups excluding carboxylic acids is 1. The Morgan fingerprint density at radius 3 is 2.39 bits per heavy atom. The fraction of sp³-hybridized carbons (Fsp3) is 0.345. The van der Waals surface area contributed by atoms with E-state index in [1.165, 1.54) is 9.13 Å². The normalized spacial score (nSPS) is 15.1. The van der Waals surface area contributed by atoms with E-state index in [0.717, 1.165) is 11.1 Å². The summed E-state index contributed by atoms with van der Waals surface area (Å²) in [5, 5.41) is 11.0. The molecule has 0 unspecified atom stereocenters. The summed E-state index contributed by atoms with van der Waals surface area (Å²) in [5.74, 6) is 0.429. The number of benzene rings is 2. The highest BCUT2D eigenvalue weighted by Crippen LogP contribution is 2.32. The van der Waals surface area contributed by atoms with Gasteiger partial charge >= 0.3 is 5.69 Å². The van der Waals surface area contributed by atoms with Gasteiger partial charge in [0, 0.05) is 32.4 Å². The third-order valence-corrected chi connectivity index (χ3v) is 7.36. The van der Waals surface area contributed by atoms with Crippen molar-refractivity contribution >= 4 is 16.9 Å². The molecule has 9 nitrogen and oxygen atoms in total. The van der Waals surface area contributed by atoms with Crippen molar-refractivity contribution in [1.29, 1.82) is 0 Å². The lowest BCUT2D eigenvalue weighted by molar-refractivity contribution is -0.137. The van der Waals surface area contributed by atoms with Crippen LogP contribution in [0.3, 0.4) is 0 Å². The molecule has 3 heterocycles. The largest absolute Gasteiger partial charge is 0.484 e. The number of aryl methyl sites for hydroxylation is 1. The molecule has 5 rings (SSSR count). The highest BCUT2D eigenvalue weighted by Gasteiger charge is 2.35. The molecule has 0 atom stereocenters. The van der Waals surface area contributed by atoms with Gasteiger partial charge in [-0.2, -0.15) is 0 Å². The summed E-state index contributed by atoms with van der Waals surface area (Å²) in [5.41, 5.74) is 1.79. The molecular formula is C29H32N4O5. The molecule has 38 heavy (non-hydrogen) atoms. The van der Waals surface area contributed by atoms with Gasteiger partial charge in [0.05, 0.1) is 11.1 Å². The Hall–Kier alpha value is -4.11. The maximum atomic E-state index is 12.8. The number of rotatable bonds is 7. The molecule has 2 aromatic carbocycles. The first-order chi connectivity index (χ1) is 18.3. The lowest BCUT2D eigenvalue weighted by Crippen LogP contribution is -2.46. The molecule has 198 valence electrons. The summed E-state index contributed by atoms with van der Waals surface area (Å²) < 4.78 is 8.48. The van der Waals surface area contributed by atoms with Crippen molar-refractivity contribution in [3.8, 4) is 17.0 Å². The van der Waals surface area contributed by atoms with Crippen LogP contribution in [0, 0.1) is 0 Å². The number of likely N-dealkylation sites (tertiary alicyclic amines) is 1. The van der Waals surface area contributed by atoms with Crippen LogP contribution in [0.25, 0.3) is 22.3 Å². The second-order valence-corrected chi connectivity index (χ2v) is 9.83. The minimum Gasteiger partial charge on any atom is -0.484 e. The Kier molecular flexibility index (Phi) is 6.94. The van der Waals surface area contributed by atoms with Crippen LogP contribution in [0.15, 0.2) is 70.3 Å². The highest BCUT2D eigenvalue weighted by atomic mass is 16.5. The minimum atomic E-state index is -0.910. The second-order valence-electron chi connectivity index (χ2n) is 9.83. The van der Waals surface area contributed by atoms with Crippen molar-refractivity contribution in [3.63, 3.8) is 0 Å². The van der Waals surface area contributed by atoms with Crippen LogP contribution in [-0.2, 0) is 24.0 Å². The van der Waals surface area contributed by atoms with Crippen molar-refractivity contribution in [2.45, 2.75) is 38.3 Å². The van der Waals surface area contributed by atoms with E-state index in [4.69, 9.17) is 4.74 Å². The molecule has 0 spiro atoms. The third-order valence-electron chi connectivity index (χ3n) is 7.36. The van der Waals surface area contributed by atoms with Gasteiger partial charge in [0.15, 0.2) is 6.61 Å². The smallest absolute Gasteiger partial charge is 0.331 e. The molecule has 1 fully saturated rings. The molecule has 1 aliphatic heterocycles. The van der Waals surface area contributed by atoms with Gasteiger partial charge in [0.2, 0.25) is 0 Å². The maximum absolute atomic E-state index is 12.8. The molecule has 4 aromatic rings. The van der Waals surface area contributed by atoms with E-state index in [1.807, 2.05) is 49.4 Å². The molecule has 1 amide bonds. The number of hydrogen-bond donors (Lipinski definition) is 2. The monoisotopic (exact) mass is 516 g/mol. The quantitative estimate of drug-likeness (QED) is 0.393. The summed E-state index contributed by atoms with van der Waals surface area (Å²) in [6.45, 7) is 3.14. The predicted molar refractivity (Wildman–Crippen MR) is 145 cm³/mol. The van der Waals surface area contributed by atoms with Gasteiger partial charge in [0.25, 0.3) is 11.5 Å². The summed E-state index contributed by atoms with van der Waals surface area (Å²) in [6, 6.07) is 18.6. The maximum Gasteiger partial charge on any atom is 0.331 e. The minimum absolute atomic E-state index is 0.0887. The standard InChI is InChI=1S/C29H32N4O5/c1-3-15-33-27(35)26-24(31(2)28(33)36)18-23(30-26)20-9-11-22(12-10-20)38-19-25(34)32-16-13-29(37,14-17-32)21-7-5-4-6-8-21/h4-12,18,30,37H,3,13-17,19H2,1-2H3. The Balaban J connectivity index is 1.23. The van der Waals surface area contributed by atoms with Gasteiger partial charge in [-0.25, -0.2) is 4.79 Å². The van der Waals surface area contributed by atoms with Crippen LogP contribution in [-0.4, -0.2) is 49.7 Å². The Morgan fingerprint density at radius 2 is 1.74 bits per heavy atom. The molecule has 1 aliphatic rings. The first-order valence-electron chi connectivity index (χ1n) is 12.9. The first-order valence-corrected chi connectivity index (χ1v) is 12.9. The van der Waals surface area contributed by atoms with Gasteiger partial charge in [-0.15, -0.1) is 0 Å². The number of ether oxygens (including phenoxy) is 1. The first kappa shape index (κ1) is 25.5. The Labute approximate surface area is 219 Å². The topological polar surface area (TPSA) is 110 Å². The van der Waals surface area contributed by atoms with E-state index < -0.39 is 5.60 Å². The predicted octanol–water partition coefficient (Wildman–Crippen LogP) is 2.99. The summed E-state index contributed by atoms with van der Waals surface area (Å²) >= 11 is 0. The van der Waals surface area contributed by atoms with Gasteiger partial charge in [-0.05, 0) is 60.7 Å². The average Bonchev–Trinajstić information content (AvgIpc) is 3.40. The number of piperidine rings is 1. The van der Waals surface area contributed by atoms with Gasteiger partial charge < -0.3 is 19.7 Å². The van der Waals surface area contributed by atoms with Crippen molar-refractivity contribution in [3.05, 3.63) is 87.1 Å². The molecule has 2 N–H and O–H groups in total. The van der Waals surface area contributed by atoms with E-state index in [1.54, 1.807) is 30.1 Å². The Bertz CT molecular complexity index is 1560. The number of aromatic nitrogens is 3. The van der Waals surface area contributed by atoms with Crippen LogP contribution < -0.4 is 16.0 Å². The van der Waals surface area contributed by atoms with Crippen LogP contribution >= 0.6 is 0 Å². The number of carbonyl (C=O) groups is 1. The molecule has 0 radical (unpaired) electrons. The van der Waals surface area contributed by atoms with Gasteiger partial charge in [-0.1, -0.05) is 37.3 Å². The second kappa shape index (κ2) is 10.3. The number of nitrogens with one attached hydrogen (secondary N) is 1. The van der Waals surface area contributed by atoms with Crippen LogP contribution in [0.4, 0.5) is 0 Å². The molecule has 0 bridgehead atoms. The van der Waals surface area contributed by atoms with Crippen LogP contribution in [0.1, 0.15) is 31.7 Å². The number of fused-ring (bicyclic) bond motifs is 1. The molecule has 0 aliphatic carbocycles. The molecule has 1 saturated heterocycles. The van der Waals surface area contributed by atoms with Crippen LogP contribution in [0.5, 0.6) is 5.75 Å². The van der Waals surface area contributed by atoms with E-state index in [-0.39, 0.29) is 23.8 Å². The zero-order valence-electron chi connectivity index (χ0n) is 21.6. The number of aromatic amines is 1. The number of H-pyrrole nitrogens is 1. The Morgan fingerprint density at radius 1 is 1.05 bits per heavy atom. The average molecular weight is 517 g/mol. The lowest BCUT2D eigenvalue weighted by Gasteiger charge is -2.38. The fourth-order valence-electron chi connectivity index (χ4n) is 5.08. The fourth-order valence-corrected chi connectivity index (χ4v) is 5.08. The van der Waals surface area contributed by atoms with E-state index >= 15 is 0 Å². The summed E-state index contributed by atoms with van der Waals surface area (Å²) in [4.78, 5) is 43.0. The number of aliphatic hydroxyl groups is 1. The zero-order valence-corrected chi connectivity index (χ0v) is 21.6. The SMILES string of the molecule is CCCn1c(=O)c2[nH]c(-c3ccc(OCC(=O)N4CCC(O)(c5ccccc5)CC4)cc3)cc2n(C)c1=O. The summed E-state index contributed by atoms with van der Waals surface area (Å²) in [7, 11) is 1.66. The van der Waals surface area contributed by atoms with Gasteiger partial charge in [0.1, 0.15) is 11.3 Å². The van der Waals surface area contributed by atoms with Crippen molar-refractivity contribution < 1.29 is 14.6 Å². The third kappa shape index (κ3) is 4.77. The molecule has 2 aromatic heterocycles.